The molecule has 0 N–H and O–H groups in total. The molecule has 0 spiro atoms. The highest BCUT2D eigenvalue weighted by atomic mass is 19.1. The third kappa shape index (κ3) is 2.96. The lowest BCUT2D eigenvalue weighted by molar-refractivity contribution is 0.100. The molecule has 0 aromatic heterocycles. The first-order chi connectivity index (χ1) is 9.63. The second-order valence-electron chi connectivity index (χ2n) is 4.29. The van der Waals surface area contributed by atoms with E-state index >= 15 is 0 Å². The normalized spacial score (nSPS) is 10.2. The van der Waals surface area contributed by atoms with E-state index in [1.165, 1.54) is 26.2 Å². The smallest absolute Gasteiger partial charge is 0.179 e. The molecule has 0 fully saturated rings. The Labute approximate surface area is 117 Å². The van der Waals surface area contributed by atoms with Gasteiger partial charge in [0.25, 0.3) is 0 Å². The van der Waals surface area contributed by atoms with Gasteiger partial charge in [0.15, 0.2) is 17.3 Å². The summed E-state index contributed by atoms with van der Waals surface area (Å²) >= 11 is 0. The summed E-state index contributed by atoms with van der Waals surface area (Å²) in [4.78, 5) is 11.5. The fraction of sp³-hybridized carbons (Fsp3) is 0.188. The third-order valence-electron chi connectivity index (χ3n) is 2.88. The van der Waals surface area contributed by atoms with Crippen LogP contribution in [0.15, 0.2) is 42.5 Å². The van der Waals surface area contributed by atoms with E-state index in [-0.39, 0.29) is 23.7 Å². The molecule has 0 saturated heterocycles. The van der Waals surface area contributed by atoms with E-state index in [2.05, 4.69) is 0 Å². The molecule has 2 aromatic carbocycles. The highest BCUT2D eigenvalue weighted by Gasteiger charge is 2.18. The quantitative estimate of drug-likeness (QED) is 0.781. The van der Waals surface area contributed by atoms with Crippen molar-refractivity contribution in [2.45, 2.75) is 13.5 Å². The van der Waals surface area contributed by atoms with Crippen LogP contribution >= 0.6 is 0 Å². The van der Waals surface area contributed by atoms with Crippen LogP contribution in [0.25, 0.3) is 0 Å². The lowest BCUT2D eigenvalue weighted by atomic mass is 10.1. The van der Waals surface area contributed by atoms with Gasteiger partial charge in [0, 0.05) is 0 Å². The largest absolute Gasteiger partial charge is 0.496 e. The predicted molar refractivity (Wildman–Crippen MR) is 73.7 cm³/mol. The number of hydrogen-bond donors (Lipinski definition) is 0. The van der Waals surface area contributed by atoms with Crippen LogP contribution in [0.1, 0.15) is 22.8 Å². The minimum atomic E-state index is -0.687. The molecule has 0 heterocycles. The van der Waals surface area contributed by atoms with Crippen molar-refractivity contribution in [3.63, 3.8) is 0 Å². The molecule has 0 amide bonds. The number of carbonyl (C=O) groups is 1. The molecule has 0 bridgehead atoms. The van der Waals surface area contributed by atoms with Gasteiger partial charge in [-0.1, -0.05) is 30.3 Å². The van der Waals surface area contributed by atoms with Gasteiger partial charge in [-0.15, -0.1) is 0 Å². The van der Waals surface area contributed by atoms with Gasteiger partial charge in [0.2, 0.25) is 0 Å². The summed E-state index contributed by atoms with van der Waals surface area (Å²) in [6.07, 6.45) is 0. The molecule has 0 radical (unpaired) electrons. The Hall–Kier alpha value is -2.36. The van der Waals surface area contributed by atoms with Gasteiger partial charge in [0.1, 0.15) is 12.4 Å². The molecule has 104 valence electrons. The highest BCUT2D eigenvalue weighted by Crippen LogP contribution is 2.29. The second-order valence-corrected chi connectivity index (χ2v) is 4.29. The van der Waals surface area contributed by atoms with Crippen LogP contribution in [-0.4, -0.2) is 12.9 Å². The maximum atomic E-state index is 14.2. The topological polar surface area (TPSA) is 35.5 Å². The number of Topliss-reactive ketones (excluding diaryl/α,β-unsaturated/α-hetero) is 1. The van der Waals surface area contributed by atoms with Gasteiger partial charge in [0.05, 0.1) is 12.7 Å². The SMILES string of the molecule is COc1ccc(OCc2ccccc2)c(F)c1C(C)=O. The number of carbonyl (C=O) groups excluding carboxylic acids is 1. The molecular formula is C16H15FO3. The van der Waals surface area contributed by atoms with Crippen LogP contribution < -0.4 is 9.47 Å². The summed E-state index contributed by atoms with van der Waals surface area (Å²) in [5.74, 6) is -0.834. The van der Waals surface area contributed by atoms with Crippen LogP contribution in [-0.2, 0) is 6.61 Å². The summed E-state index contributed by atoms with van der Waals surface area (Å²) in [6, 6.07) is 12.4. The summed E-state index contributed by atoms with van der Waals surface area (Å²) < 4.78 is 24.7. The van der Waals surface area contributed by atoms with E-state index in [0.29, 0.717) is 0 Å². The van der Waals surface area contributed by atoms with Gasteiger partial charge in [-0.05, 0) is 24.6 Å². The molecule has 0 saturated carbocycles. The van der Waals surface area contributed by atoms with Gasteiger partial charge >= 0.3 is 0 Å². The maximum absolute atomic E-state index is 14.2. The molecule has 2 aromatic rings. The van der Waals surface area contributed by atoms with Crippen LogP contribution in [0.2, 0.25) is 0 Å². The van der Waals surface area contributed by atoms with Gasteiger partial charge < -0.3 is 9.47 Å². The van der Waals surface area contributed by atoms with E-state index in [1.54, 1.807) is 0 Å². The summed E-state index contributed by atoms with van der Waals surface area (Å²) in [5, 5.41) is 0. The molecule has 0 aliphatic rings. The average Bonchev–Trinajstić information content (AvgIpc) is 2.46. The van der Waals surface area contributed by atoms with Crippen molar-refractivity contribution in [1.29, 1.82) is 0 Å². The lowest BCUT2D eigenvalue weighted by Crippen LogP contribution is -2.05. The molecule has 20 heavy (non-hydrogen) atoms. The van der Waals surface area contributed by atoms with Crippen molar-refractivity contribution in [3.05, 3.63) is 59.4 Å². The molecule has 2 rings (SSSR count). The minimum Gasteiger partial charge on any atom is -0.496 e. The Morgan fingerprint density at radius 1 is 1.10 bits per heavy atom. The van der Waals surface area contributed by atoms with Crippen LogP contribution in [0.5, 0.6) is 11.5 Å². The zero-order valence-electron chi connectivity index (χ0n) is 11.4. The van der Waals surface area contributed by atoms with Crippen LogP contribution in [0, 0.1) is 5.82 Å². The van der Waals surface area contributed by atoms with E-state index in [1.807, 2.05) is 30.3 Å². The van der Waals surface area contributed by atoms with Crippen molar-refractivity contribution < 1.29 is 18.7 Å². The number of rotatable bonds is 5. The average molecular weight is 274 g/mol. The third-order valence-corrected chi connectivity index (χ3v) is 2.88. The van der Waals surface area contributed by atoms with Crippen molar-refractivity contribution >= 4 is 5.78 Å². The Kier molecular flexibility index (Phi) is 4.35. The van der Waals surface area contributed by atoms with Gasteiger partial charge in [-0.2, -0.15) is 0 Å². The summed E-state index contributed by atoms with van der Waals surface area (Å²) in [5.41, 5.74) is 0.838. The van der Waals surface area contributed by atoms with Crippen molar-refractivity contribution in [2.75, 3.05) is 7.11 Å². The fourth-order valence-corrected chi connectivity index (χ4v) is 1.88. The van der Waals surface area contributed by atoms with E-state index in [4.69, 9.17) is 9.47 Å². The summed E-state index contributed by atoms with van der Waals surface area (Å²) in [6.45, 7) is 1.53. The standard InChI is InChI=1S/C16H15FO3/c1-11(18)15-13(19-2)8-9-14(16(15)17)20-10-12-6-4-3-5-7-12/h3-9H,10H2,1-2H3. The van der Waals surface area contributed by atoms with Crippen LogP contribution in [0.3, 0.4) is 0 Å². The number of hydrogen-bond acceptors (Lipinski definition) is 3. The number of ketones is 1. The number of methoxy groups -OCH3 is 1. The lowest BCUT2D eigenvalue weighted by Gasteiger charge is -2.12. The molecular weight excluding hydrogens is 259 g/mol. The Morgan fingerprint density at radius 3 is 2.35 bits per heavy atom. The first-order valence-electron chi connectivity index (χ1n) is 6.17. The first kappa shape index (κ1) is 14.1. The Balaban J connectivity index is 2.25. The van der Waals surface area contributed by atoms with Gasteiger partial charge in [-0.3, -0.25) is 4.79 Å². The Bertz CT molecular complexity index is 609. The monoisotopic (exact) mass is 274 g/mol. The van der Waals surface area contributed by atoms with E-state index < -0.39 is 11.6 Å². The van der Waals surface area contributed by atoms with Crippen molar-refractivity contribution in [3.8, 4) is 11.5 Å². The minimum absolute atomic E-state index is 0.0415. The van der Waals surface area contributed by atoms with Crippen molar-refractivity contribution in [1.82, 2.24) is 0 Å². The number of benzene rings is 2. The second kappa shape index (κ2) is 6.19. The maximum Gasteiger partial charge on any atom is 0.179 e. The van der Waals surface area contributed by atoms with E-state index in [0.717, 1.165) is 5.56 Å². The zero-order valence-corrected chi connectivity index (χ0v) is 11.4. The Morgan fingerprint density at radius 2 is 1.75 bits per heavy atom. The van der Waals surface area contributed by atoms with Crippen LogP contribution in [0.4, 0.5) is 4.39 Å². The molecule has 3 nitrogen and oxygen atoms in total. The molecule has 0 atom stereocenters. The van der Waals surface area contributed by atoms with Crippen molar-refractivity contribution in [2.24, 2.45) is 0 Å². The first-order valence-corrected chi connectivity index (χ1v) is 6.17. The van der Waals surface area contributed by atoms with E-state index in [9.17, 15) is 9.18 Å². The number of halogens is 1. The molecule has 4 heteroatoms. The molecule has 0 aliphatic heterocycles. The fourth-order valence-electron chi connectivity index (χ4n) is 1.88. The zero-order chi connectivity index (χ0) is 14.5. The molecule has 0 aliphatic carbocycles. The predicted octanol–water partition coefficient (Wildman–Crippen LogP) is 3.62. The summed E-state index contributed by atoms with van der Waals surface area (Å²) in [7, 11) is 1.39. The number of ether oxygens (including phenoxy) is 2. The molecule has 0 unspecified atom stereocenters. The van der Waals surface area contributed by atoms with Gasteiger partial charge in [-0.25, -0.2) is 4.39 Å². The highest BCUT2D eigenvalue weighted by molar-refractivity contribution is 5.97.